The number of aromatic nitrogens is 4. The lowest BCUT2D eigenvalue weighted by Crippen LogP contribution is -2.38. The van der Waals surface area contributed by atoms with Gasteiger partial charge in [-0.2, -0.15) is 0 Å². The minimum Gasteiger partial charge on any atom is -0.331 e. The number of hydrogen-bond donors (Lipinski definition) is 0. The highest BCUT2D eigenvalue weighted by Crippen LogP contribution is 2.17. The predicted molar refractivity (Wildman–Crippen MR) is 83.5 cm³/mol. The minimum absolute atomic E-state index is 0.0755. The van der Waals surface area contributed by atoms with E-state index in [-0.39, 0.29) is 5.91 Å². The minimum atomic E-state index is -0.0755. The average molecular weight is 312 g/mol. The normalized spacial score (nSPS) is 18.2. The molecule has 1 fully saturated rings. The van der Waals surface area contributed by atoms with Crippen molar-refractivity contribution in [1.29, 1.82) is 0 Å². The Bertz CT molecular complexity index is 692. The lowest BCUT2D eigenvalue weighted by molar-refractivity contribution is 0.0701. The number of carbonyl (C=O) groups is 1. The second-order valence-electron chi connectivity index (χ2n) is 6.14. The van der Waals surface area contributed by atoms with Crippen LogP contribution in [0.2, 0.25) is 0 Å². The highest BCUT2D eigenvalue weighted by atomic mass is 16.2. The third kappa shape index (κ3) is 2.96. The van der Waals surface area contributed by atoms with E-state index in [1.807, 2.05) is 0 Å². The lowest BCUT2D eigenvalue weighted by atomic mass is 10.3. The molecule has 23 heavy (non-hydrogen) atoms. The number of amides is 1. The van der Waals surface area contributed by atoms with Crippen LogP contribution in [0.3, 0.4) is 0 Å². The predicted octanol–water partition coefficient (Wildman–Crippen LogP) is 0.925. The van der Waals surface area contributed by atoms with E-state index < -0.39 is 0 Å². The van der Waals surface area contributed by atoms with Crippen LogP contribution in [0.1, 0.15) is 34.8 Å². The summed E-state index contributed by atoms with van der Waals surface area (Å²) in [6.07, 6.45) is 9.35. The molecule has 120 valence electrons. The molecule has 1 amide bonds. The summed E-state index contributed by atoms with van der Waals surface area (Å²) in [5.41, 5.74) is 1.50. The van der Waals surface area contributed by atoms with Gasteiger partial charge < -0.3 is 9.47 Å². The van der Waals surface area contributed by atoms with Gasteiger partial charge in [0.05, 0.1) is 18.4 Å². The zero-order valence-corrected chi connectivity index (χ0v) is 13.1. The van der Waals surface area contributed by atoms with Gasteiger partial charge in [0.2, 0.25) is 0 Å². The Morgan fingerprint density at radius 2 is 2.00 bits per heavy atom. The van der Waals surface area contributed by atoms with E-state index in [0.29, 0.717) is 18.8 Å². The van der Waals surface area contributed by atoms with Crippen LogP contribution < -0.4 is 0 Å². The van der Waals surface area contributed by atoms with Crippen LogP contribution in [0.15, 0.2) is 24.8 Å². The van der Waals surface area contributed by atoms with E-state index >= 15 is 0 Å². The van der Waals surface area contributed by atoms with Crippen molar-refractivity contribution in [2.45, 2.75) is 32.5 Å². The summed E-state index contributed by atoms with van der Waals surface area (Å²) < 4.78 is 2.17. The number of hydrogen-bond acceptors (Lipinski definition) is 5. The van der Waals surface area contributed by atoms with Crippen LogP contribution in [0.5, 0.6) is 0 Å². The Kier molecular flexibility index (Phi) is 3.78. The number of nitrogens with zero attached hydrogens (tertiary/aromatic N) is 6. The first-order valence-corrected chi connectivity index (χ1v) is 8.12. The van der Waals surface area contributed by atoms with E-state index in [0.717, 1.165) is 24.6 Å². The van der Waals surface area contributed by atoms with Gasteiger partial charge in [-0.3, -0.25) is 14.7 Å². The van der Waals surface area contributed by atoms with E-state index in [9.17, 15) is 4.79 Å². The fourth-order valence-electron chi connectivity index (χ4n) is 3.30. The average Bonchev–Trinajstić information content (AvgIpc) is 3.23. The Hall–Kier alpha value is -2.28. The number of carbonyl (C=O) groups excluding carboxylic acids is 1. The molecule has 2 aliphatic heterocycles. The summed E-state index contributed by atoms with van der Waals surface area (Å²) in [5, 5.41) is 0. The van der Waals surface area contributed by atoms with E-state index in [2.05, 4.69) is 25.6 Å². The van der Waals surface area contributed by atoms with E-state index in [1.165, 1.54) is 32.1 Å². The molecule has 0 unspecified atom stereocenters. The van der Waals surface area contributed by atoms with Crippen molar-refractivity contribution in [3.05, 3.63) is 42.0 Å². The molecule has 7 heteroatoms. The first kappa shape index (κ1) is 14.3. The fraction of sp³-hybridized carbons (Fsp3) is 0.500. The molecule has 0 saturated carbocycles. The van der Waals surface area contributed by atoms with Gasteiger partial charge in [-0.1, -0.05) is 0 Å². The van der Waals surface area contributed by atoms with Crippen LogP contribution in [0.25, 0.3) is 0 Å². The molecule has 2 aromatic rings. The van der Waals surface area contributed by atoms with Gasteiger partial charge >= 0.3 is 0 Å². The SMILES string of the molecule is O=C(c1cnccn1)N1CCn2cc(CN3CCCC3)nc2C1. The van der Waals surface area contributed by atoms with Crippen molar-refractivity contribution in [2.24, 2.45) is 0 Å². The smallest absolute Gasteiger partial charge is 0.274 e. The Balaban J connectivity index is 1.46. The third-order valence-corrected chi connectivity index (χ3v) is 4.51. The van der Waals surface area contributed by atoms with Crippen LogP contribution in [0, 0.1) is 0 Å². The van der Waals surface area contributed by atoms with Crippen LogP contribution >= 0.6 is 0 Å². The van der Waals surface area contributed by atoms with Gasteiger partial charge in [0.15, 0.2) is 0 Å². The molecule has 0 spiro atoms. The Labute approximate surface area is 135 Å². The molecule has 0 N–H and O–H groups in total. The first-order valence-electron chi connectivity index (χ1n) is 8.12. The van der Waals surface area contributed by atoms with Crippen molar-refractivity contribution < 1.29 is 4.79 Å². The van der Waals surface area contributed by atoms with Gasteiger partial charge in [0, 0.05) is 38.2 Å². The van der Waals surface area contributed by atoms with Crippen molar-refractivity contribution >= 4 is 5.91 Å². The number of likely N-dealkylation sites (tertiary alicyclic amines) is 1. The summed E-state index contributed by atoms with van der Waals surface area (Å²) in [6, 6.07) is 0. The maximum atomic E-state index is 12.5. The molecule has 1 saturated heterocycles. The molecule has 4 rings (SSSR count). The van der Waals surface area contributed by atoms with Gasteiger partial charge in [0.25, 0.3) is 5.91 Å². The zero-order valence-electron chi connectivity index (χ0n) is 13.1. The molecule has 0 bridgehead atoms. The monoisotopic (exact) mass is 312 g/mol. The number of imidazole rings is 1. The lowest BCUT2D eigenvalue weighted by Gasteiger charge is -2.27. The largest absolute Gasteiger partial charge is 0.331 e. The van der Waals surface area contributed by atoms with Crippen molar-refractivity contribution in [3.63, 3.8) is 0 Å². The molecule has 2 aromatic heterocycles. The molecule has 0 aromatic carbocycles. The summed E-state index contributed by atoms with van der Waals surface area (Å²) in [4.78, 5) is 29.5. The maximum absolute atomic E-state index is 12.5. The van der Waals surface area contributed by atoms with E-state index in [4.69, 9.17) is 4.98 Å². The van der Waals surface area contributed by atoms with Crippen molar-refractivity contribution in [2.75, 3.05) is 19.6 Å². The van der Waals surface area contributed by atoms with Gasteiger partial charge in [0.1, 0.15) is 11.5 Å². The highest BCUT2D eigenvalue weighted by molar-refractivity contribution is 5.91. The van der Waals surface area contributed by atoms with Crippen molar-refractivity contribution in [1.82, 2.24) is 29.3 Å². The maximum Gasteiger partial charge on any atom is 0.274 e. The van der Waals surface area contributed by atoms with Crippen LogP contribution in [-0.2, 0) is 19.6 Å². The van der Waals surface area contributed by atoms with Gasteiger partial charge in [-0.05, 0) is 25.9 Å². The standard InChI is InChI=1S/C16H20N6O/c23-16(14-9-17-3-4-18-14)22-8-7-21-11-13(19-15(21)12-22)10-20-5-1-2-6-20/h3-4,9,11H,1-2,5-8,10,12H2. The quantitative estimate of drug-likeness (QED) is 0.843. The second kappa shape index (κ2) is 6.08. The highest BCUT2D eigenvalue weighted by Gasteiger charge is 2.24. The molecule has 0 atom stereocenters. The van der Waals surface area contributed by atoms with Crippen LogP contribution in [0.4, 0.5) is 0 Å². The number of fused-ring (bicyclic) bond motifs is 1. The molecular weight excluding hydrogens is 292 g/mol. The first-order chi connectivity index (χ1) is 11.3. The number of rotatable bonds is 3. The Morgan fingerprint density at radius 3 is 2.78 bits per heavy atom. The summed E-state index contributed by atoms with van der Waals surface area (Å²) in [6.45, 7) is 5.25. The zero-order chi connectivity index (χ0) is 15.6. The van der Waals surface area contributed by atoms with Crippen molar-refractivity contribution in [3.8, 4) is 0 Å². The van der Waals surface area contributed by atoms with Gasteiger partial charge in [-0.25, -0.2) is 9.97 Å². The molecule has 4 heterocycles. The fourth-order valence-corrected chi connectivity index (χ4v) is 3.30. The molecule has 0 radical (unpaired) electrons. The molecular formula is C16H20N6O. The molecule has 7 nitrogen and oxygen atoms in total. The second-order valence-corrected chi connectivity index (χ2v) is 6.14. The van der Waals surface area contributed by atoms with E-state index in [1.54, 1.807) is 17.3 Å². The molecule has 0 aliphatic carbocycles. The topological polar surface area (TPSA) is 67.2 Å². The molecule has 2 aliphatic rings. The summed E-state index contributed by atoms with van der Waals surface area (Å²) in [5.74, 6) is 0.885. The van der Waals surface area contributed by atoms with Gasteiger partial charge in [-0.15, -0.1) is 0 Å². The summed E-state index contributed by atoms with van der Waals surface area (Å²) in [7, 11) is 0. The summed E-state index contributed by atoms with van der Waals surface area (Å²) >= 11 is 0. The van der Waals surface area contributed by atoms with Crippen LogP contribution in [-0.4, -0.2) is 54.9 Å². The third-order valence-electron chi connectivity index (χ3n) is 4.51. The Morgan fingerprint density at radius 1 is 1.13 bits per heavy atom.